The van der Waals surface area contributed by atoms with Crippen LogP contribution < -0.4 is 0 Å². The first kappa shape index (κ1) is 19.3. The van der Waals surface area contributed by atoms with Crippen molar-refractivity contribution in [3.05, 3.63) is 81.0 Å². The summed E-state index contributed by atoms with van der Waals surface area (Å²) in [5, 5.41) is 20.5. The van der Waals surface area contributed by atoms with Crippen molar-refractivity contribution in [2.45, 2.75) is 6.18 Å². The fourth-order valence-electron chi connectivity index (χ4n) is 2.44. The lowest BCUT2D eigenvalue weighted by Crippen LogP contribution is -2.05. The van der Waals surface area contributed by atoms with E-state index < -0.39 is 16.7 Å². The molecule has 28 heavy (non-hydrogen) atoms. The van der Waals surface area contributed by atoms with Crippen LogP contribution in [-0.4, -0.2) is 9.91 Å². The van der Waals surface area contributed by atoms with E-state index in [9.17, 15) is 28.5 Å². The van der Waals surface area contributed by atoms with Crippen LogP contribution in [0, 0.1) is 21.4 Å². The van der Waals surface area contributed by atoms with Crippen LogP contribution in [0.3, 0.4) is 0 Å². The zero-order valence-corrected chi connectivity index (χ0v) is 14.8. The maximum Gasteiger partial charge on any atom is 0.417 e. The Bertz CT molecular complexity index is 1100. The number of hydrogen-bond acceptors (Lipinski definition) is 5. The van der Waals surface area contributed by atoms with E-state index in [1.807, 2.05) is 6.07 Å². The number of aromatic nitrogens is 1. The number of halogens is 3. The molecule has 0 spiro atoms. The highest BCUT2D eigenvalue weighted by Crippen LogP contribution is 2.36. The van der Waals surface area contributed by atoms with E-state index in [1.165, 1.54) is 23.5 Å². The molecule has 0 aliphatic heterocycles. The molecule has 140 valence electrons. The minimum Gasteiger partial charge on any atom is -0.258 e. The Balaban J connectivity index is 1.94. The highest BCUT2D eigenvalue weighted by Gasteiger charge is 2.30. The fraction of sp³-hybridized carbons (Fsp3) is 0.0526. The second-order valence-corrected chi connectivity index (χ2v) is 6.69. The number of rotatable bonds is 4. The Labute approximate surface area is 161 Å². The summed E-state index contributed by atoms with van der Waals surface area (Å²) in [7, 11) is 0. The van der Waals surface area contributed by atoms with Crippen LogP contribution in [0.1, 0.15) is 16.1 Å². The summed E-state index contributed by atoms with van der Waals surface area (Å²) in [4.78, 5) is 15.7. The zero-order valence-electron chi connectivity index (χ0n) is 14.0. The Morgan fingerprint density at radius 2 is 1.93 bits per heavy atom. The molecule has 0 radical (unpaired) electrons. The highest BCUT2D eigenvalue weighted by molar-refractivity contribution is 7.16. The maximum absolute atomic E-state index is 12.6. The van der Waals surface area contributed by atoms with Crippen molar-refractivity contribution in [3.63, 3.8) is 0 Å². The number of nitrogens with zero attached hydrogens (tertiary/aromatic N) is 3. The van der Waals surface area contributed by atoms with Crippen molar-refractivity contribution in [3.8, 4) is 16.5 Å². The summed E-state index contributed by atoms with van der Waals surface area (Å²) in [6.07, 6.45) is -2.35. The third kappa shape index (κ3) is 4.07. The maximum atomic E-state index is 12.6. The number of hydrogen-bond donors (Lipinski definition) is 0. The van der Waals surface area contributed by atoms with E-state index in [1.54, 1.807) is 30.3 Å². The molecule has 1 aromatic carbocycles. The van der Waals surface area contributed by atoms with Crippen LogP contribution in [0.15, 0.2) is 54.7 Å². The van der Waals surface area contributed by atoms with Gasteiger partial charge in [0.15, 0.2) is 0 Å². The number of alkyl halides is 3. The molecule has 0 N–H and O–H groups in total. The monoisotopic (exact) mass is 401 g/mol. The molecular formula is C19H10F3N3O2S. The van der Waals surface area contributed by atoms with Crippen molar-refractivity contribution >= 4 is 28.7 Å². The third-order valence-corrected chi connectivity index (χ3v) is 4.83. The Morgan fingerprint density at radius 1 is 1.18 bits per heavy atom. The number of nitro benzene ring substituents is 1. The van der Waals surface area contributed by atoms with Crippen LogP contribution in [0.5, 0.6) is 0 Å². The predicted octanol–water partition coefficient (Wildman–Crippen LogP) is 5.80. The number of para-hydroxylation sites is 1. The number of thiophene rings is 1. The Morgan fingerprint density at radius 3 is 2.54 bits per heavy atom. The lowest BCUT2D eigenvalue weighted by atomic mass is 10.1. The first-order valence-corrected chi connectivity index (χ1v) is 8.60. The minimum atomic E-state index is -4.50. The van der Waals surface area contributed by atoms with Crippen molar-refractivity contribution < 1.29 is 18.1 Å². The van der Waals surface area contributed by atoms with Gasteiger partial charge in [0.05, 0.1) is 27.3 Å². The normalized spacial score (nSPS) is 11.9. The van der Waals surface area contributed by atoms with Gasteiger partial charge in [-0.3, -0.25) is 15.1 Å². The fourth-order valence-corrected chi connectivity index (χ4v) is 3.43. The molecule has 0 aliphatic rings. The van der Waals surface area contributed by atoms with Gasteiger partial charge in [0.1, 0.15) is 6.07 Å². The lowest BCUT2D eigenvalue weighted by Gasteiger charge is -2.06. The van der Waals surface area contributed by atoms with E-state index in [-0.39, 0.29) is 17.0 Å². The van der Waals surface area contributed by atoms with Gasteiger partial charge in [0, 0.05) is 22.0 Å². The average molecular weight is 401 g/mol. The van der Waals surface area contributed by atoms with Gasteiger partial charge in [0.2, 0.25) is 0 Å². The predicted molar refractivity (Wildman–Crippen MR) is 99.1 cm³/mol. The smallest absolute Gasteiger partial charge is 0.258 e. The first-order chi connectivity index (χ1) is 13.3. The third-order valence-electron chi connectivity index (χ3n) is 3.77. The van der Waals surface area contributed by atoms with E-state index in [4.69, 9.17) is 0 Å². The van der Waals surface area contributed by atoms with Gasteiger partial charge in [-0.1, -0.05) is 12.1 Å². The van der Waals surface area contributed by atoms with E-state index in [0.717, 1.165) is 12.1 Å². The van der Waals surface area contributed by atoms with Gasteiger partial charge >= 0.3 is 6.18 Å². The van der Waals surface area contributed by atoms with Gasteiger partial charge in [-0.2, -0.15) is 18.4 Å². The minimum absolute atomic E-state index is 0.0372. The molecule has 5 nitrogen and oxygen atoms in total. The van der Waals surface area contributed by atoms with Crippen LogP contribution in [0.4, 0.5) is 18.9 Å². The van der Waals surface area contributed by atoms with Gasteiger partial charge < -0.3 is 0 Å². The summed E-state index contributed by atoms with van der Waals surface area (Å²) in [6, 6.07) is 13.6. The standard InChI is InChI=1S/C19H10F3N3O2S/c20-19(21,22)13-5-7-16(24-11-13)12(10-23)9-14-6-8-18(28-14)15-3-1-2-4-17(15)25(26)27/h1-9,11H/b12-9+. The molecule has 0 unspecified atom stereocenters. The summed E-state index contributed by atoms with van der Waals surface area (Å²) < 4.78 is 37.9. The molecule has 0 bridgehead atoms. The van der Waals surface area contributed by atoms with E-state index in [0.29, 0.717) is 21.5 Å². The molecule has 2 aromatic heterocycles. The van der Waals surface area contributed by atoms with Crippen LogP contribution in [-0.2, 0) is 6.18 Å². The Kier molecular flexibility index (Phi) is 5.24. The molecule has 0 aliphatic carbocycles. The highest BCUT2D eigenvalue weighted by atomic mass is 32.1. The van der Waals surface area contributed by atoms with Crippen LogP contribution in [0.2, 0.25) is 0 Å². The molecule has 0 saturated carbocycles. The second-order valence-electron chi connectivity index (χ2n) is 5.58. The molecule has 0 atom stereocenters. The lowest BCUT2D eigenvalue weighted by molar-refractivity contribution is -0.384. The number of allylic oxidation sites excluding steroid dienone is 1. The van der Waals surface area contributed by atoms with Crippen molar-refractivity contribution in [2.24, 2.45) is 0 Å². The van der Waals surface area contributed by atoms with Gasteiger partial charge in [-0.15, -0.1) is 11.3 Å². The number of nitriles is 1. The number of benzene rings is 1. The molecule has 2 heterocycles. The number of nitro groups is 1. The molecule has 0 fully saturated rings. The van der Waals surface area contributed by atoms with Gasteiger partial charge in [-0.05, 0) is 36.4 Å². The van der Waals surface area contributed by atoms with E-state index in [2.05, 4.69) is 4.98 Å². The van der Waals surface area contributed by atoms with Gasteiger partial charge in [-0.25, -0.2) is 0 Å². The molecule has 0 saturated heterocycles. The molecule has 3 rings (SSSR count). The summed E-state index contributed by atoms with van der Waals surface area (Å²) >= 11 is 1.22. The Hall–Kier alpha value is -3.51. The van der Waals surface area contributed by atoms with E-state index >= 15 is 0 Å². The average Bonchev–Trinajstić information content (AvgIpc) is 3.14. The SMILES string of the molecule is N#C/C(=C\c1ccc(-c2ccccc2[N+](=O)[O-])s1)c1ccc(C(F)(F)F)cn1. The molecule has 0 amide bonds. The molecule has 9 heteroatoms. The van der Waals surface area contributed by atoms with Crippen molar-refractivity contribution in [1.82, 2.24) is 4.98 Å². The van der Waals surface area contributed by atoms with Crippen LogP contribution >= 0.6 is 11.3 Å². The van der Waals surface area contributed by atoms with Crippen molar-refractivity contribution in [2.75, 3.05) is 0 Å². The number of pyridine rings is 1. The summed E-state index contributed by atoms with van der Waals surface area (Å²) in [5.74, 6) is 0. The topological polar surface area (TPSA) is 79.8 Å². The zero-order chi connectivity index (χ0) is 20.3. The summed E-state index contributed by atoms with van der Waals surface area (Å²) in [5.41, 5.74) is -0.294. The summed E-state index contributed by atoms with van der Waals surface area (Å²) in [6.45, 7) is 0. The van der Waals surface area contributed by atoms with Crippen LogP contribution in [0.25, 0.3) is 22.1 Å². The van der Waals surface area contributed by atoms with Crippen molar-refractivity contribution in [1.29, 1.82) is 5.26 Å². The molecular weight excluding hydrogens is 391 g/mol. The quantitative estimate of drug-likeness (QED) is 0.314. The van der Waals surface area contributed by atoms with Gasteiger partial charge in [0.25, 0.3) is 5.69 Å². The first-order valence-electron chi connectivity index (χ1n) is 7.78. The second kappa shape index (κ2) is 7.62. The molecule has 3 aromatic rings. The largest absolute Gasteiger partial charge is 0.417 e.